The van der Waals surface area contributed by atoms with E-state index in [9.17, 15) is 75.3 Å². The lowest BCUT2D eigenvalue weighted by molar-refractivity contribution is -0.375. The van der Waals surface area contributed by atoms with E-state index in [0.29, 0.717) is 0 Å². The van der Waals surface area contributed by atoms with Crippen molar-refractivity contribution in [2.75, 3.05) is 27.3 Å². The van der Waals surface area contributed by atoms with Gasteiger partial charge < -0.3 is 168 Å². The molecule has 2 aromatic rings. The van der Waals surface area contributed by atoms with Crippen LogP contribution in [0.25, 0.3) is 0 Å². The molecule has 7 heterocycles. The fraction of sp³-hybridized carbons (Fsp3) is 0.750. The zero-order valence-corrected chi connectivity index (χ0v) is 55.8. The number of aliphatic hydroxyl groups is 11. The summed E-state index contributed by atoms with van der Waals surface area (Å²) in [7, 11) is 2.99. The van der Waals surface area contributed by atoms with Crippen molar-refractivity contribution >= 4 is 24.2 Å². The van der Waals surface area contributed by atoms with E-state index in [1.165, 1.54) is 25.9 Å². The van der Waals surface area contributed by atoms with Crippen LogP contribution in [0.4, 0.5) is 14.4 Å². The summed E-state index contributed by atoms with van der Waals surface area (Å²) in [5.74, 6) is -1.10. The molecule has 38 heteroatoms. The molecular formula is C64H102N10O28. The Balaban J connectivity index is 0.000000249. The summed E-state index contributed by atoms with van der Waals surface area (Å²) in [6, 6.07) is 8.52. The number of hydrogen-bond donors (Lipinski definition) is 20. The van der Waals surface area contributed by atoms with Crippen LogP contribution in [0.5, 0.6) is 0 Å². The highest BCUT2D eigenvalue weighted by atomic mass is 16.8. The number of likely N-dealkylation sites (N-methyl/N-ethyl adjacent to an activating group) is 2. The van der Waals surface area contributed by atoms with E-state index in [-0.39, 0.29) is 46.3 Å². The number of amides is 4. The van der Waals surface area contributed by atoms with Crippen LogP contribution in [0.15, 0.2) is 60.7 Å². The maximum absolute atomic E-state index is 13.2. The minimum Gasteiger partial charge on any atom is -0.445 e. The summed E-state index contributed by atoms with van der Waals surface area (Å²) in [5.41, 5.74) is 31.2. The zero-order chi connectivity index (χ0) is 73.0. The van der Waals surface area contributed by atoms with E-state index in [4.69, 9.17) is 90.2 Å². The summed E-state index contributed by atoms with van der Waals surface area (Å²) in [6.45, 7) is 1.93. The minimum absolute atomic E-state index is 0. The predicted molar refractivity (Wildman–Crippen MR) is 346 cm³/mol. The van der Waals surface area contributed by atoms with E-state index in [2.05, 4.69) is 21.3 Å². The Hall–Kier alpha value is -5.36. The maximum Gasteiger partial charge on any atom is 0.410 e. The lowest BCUT2D eigenvalue weighted by atomic mass is 9.83. The van der Waals surface area contributed by atoms with Gasteiger partial charge in [-0.2, -0.15) is 0 Å². The van der Waals surface area contributed by atoms with Crippen LogP contribution >= 0.6 is 0 Å². The van der Waals surface area contributed by atoms with Gasteiger partial charge in [0, 0.05) is 25.0 Å². The van der Waals surface area contributed by atoms with Crippen molar-refractivity contribution in [3.63, 3.8) is 0 Å². The molecule has 2 saturated carbocycles. The second-order valence-corrected chi connectivity index (χ2v) is 27.1. The quantitative estimate of drug-likeness (QED) is 0.0581. The van der Waals surface area contributed by atoms with Crippen molar-refractivity contribution < 1.29 is 137 Å². The monoisotopic (exact) mass is 1460 g/mol. The molecule has 9 fully saturated rings. The van der Waals surface area contributed by atoms with Gasteiger partial charge >= 0.3 is 18.3 Å². The van der Waals surface area contributed by atoms with Gasteiger partial charge in [0.05, 0.1) is 73.8 Å². The smallest absolute Gasteiger partial charge is 0.410 e. The molecule has 0 bridgehead atoms. The average molecular weight is 1460 g/mol. The second kappa shape index (κ2) is 35.4. The van der Waals surface area contributed by atoms with Gasteiger partial charge in [-0.15, -0.1) is 0 Å². The maximum atomic E-state index is 13.2. The zero-order valence-electron chi connectivity index (χ0n) is 55.8. The van der Waals surface area contributed by atoms with Gasteiger partial charge in [-0.1, -0.05) is 75.0 Å². The Bertz CT molecular complexity index is 3010. The van der Waals surface area contributed by atoms with Crippen molar-refractivity contribution in [3.05, 3.63) is 71.8 Å². The van der Waals surface area contributed by atoms with Crippen molar-refractivity contribution in [3.8, 4) is 0 Å². The SMILES string of the molecule is C.CC1C[C@@H]2OC(O[C@H]3OC(CO)[C@@H](N)[C@H](O)C3O)C3C(OC(=O)N3C)C2O[C@@H]1O[C@@H]1C(NC(=O)OCc2ccccc2)C[C@@H](NC(=O)OCc2ccccc2)C(O)[C@H]1O.CNC1C(O[C@H]2OC(CO)[C@@H](NC(=O)[C@@H](C)N)[C@H](O)C2O)O[C@H]2CC(N)[C@@H](O[C@@H]3C(N)C[C@@H](N)C(O)[C@H]3O)OC2C1O. The third kappa shape index (κ3) is 18.0. The molecule has 7 saturated heterocycles. The first kappa shape index (κ1) is 80.7. The normalized spacial score (nSPS) is 43.5. The van der Waals surface area contributed by atoms with E-state index < -0.39 is 251 Å². The number of nitrogens with zero attached hydrogens (tertiary/aromatic N) is 1. The third-order valence-electron chi connectivity index (χ3n) is 19.9. The highest BCUT2D eigenvalue weighted by Crippen LogP contribution is 2.43. The van der Waals surface area contributed by atoms with Crippen LogP contribution in [0.2, 0.25) is 0 Å². The average Bonchev–Trinajstić information content (AvgIpc) is 1.48. The Morgan fingerprint density at radius 2 is 1.08 bits per heavy atom. The lowest BCUT2D eigenvalue weighted by Gasteiger charge is -2.51. The molecule has 2 aromatic carbocycles. The number of carbonyl (C=O) groups is 4. The molecule has 25 N–H and O–H groups in total. The Morgan fingerprint density at radius 1 is 0.539 bits per heavy atom. The number of ether oxygens (including phenoxy) is 13. The minimum atomic E-state index is -1.68. The first-order chi connectivity index (χ1) is 48.1. The number of alkyl carbamates (subject to hydrolysis) is 2. The van der Waals surface area contributed by atoms with E-state index in [0.717, 1.165) is 11.1 Å². The predicted octanol–water partition coefficient (Wildman–Crippen LogP) is -7.64. The van der Waals surface area contributed by atoms with Crippen LogP contribution in [0, 0.1) is 5.92 Å². The van der Waals surface area contributed by atoms with Gasteiger partial charge in [0.2, 0.25) is 5.91 Å². The number of nitrogens with two attached hydrogens (primary N) is 5. The molecule has 576 valence electrons. The van der Waals surface area contributed by atoms with Crippen molar-refractivity contribution in [1.29, 1.82) is 0 Å². The summed E-state index contributed by atoms with van der Waals surface area (Å²) >= 11 is 0. The Labute approximate surface area is 587 Å². The van der Waals surface area contributed by atoms with Crippen LogP contribution in [-0.2, 0) is 79.6 Å². The molecule has 38 nitrogen and oxygen atoms in total. The molecule has 0 radical (unpaired) electrons. The van der Waals surface area contributed by atoms with Crippen molar-refractivity contribution in [2.45, 2.75) is 268 Å². The van der Waals surface area contributed by atoms with Crippen LogP contribution in [0.1, 0.15) is 58.1 Å². The van der Waals surface area contributed by atoms with E-state index in [1.54, 1.807) is 55.5 Å². The van der Waals surface area contributed by atoms with Crippen LogP contribution in [-0.4, -0.2) is 321 Å². The highest BCUT2D eigenvalue weighted by molar-refractivity contribution is 5.81. The number of hydrogen-bond acceptors (Lipinski definition) is 34. The molecule has 11 rings (SSSR count). The summed E-state index contributed by atoms with van der Waals surface area (Å²) in [5, 5.41) is 128. The molecule has 9 aliphatic rings. The topological polar surface area (TPSA) is 592 Å². The number of rotatable bonds is 19. The molecule has 35 atom stereocenters. The van der Waals surface area contributed by atoms with Gasteiger partial charge in [-0.25, -0.2) is 14.4 Å². The molecule has 18 unspecified atom stereocenters. The highest BCUT2D eigenvalue weighted by Gasteiger charge is 2.62. The molecule has 0 aromatic heterocycles. The fourth-order valence-corrected chi connectivity index (χ4v) is 14.1. The Kier molecular flexibility index (Phi) is 28.0. The summed E-state index contributed by atoms with van der Waals surface area (Å²) in [4.78, 5) is 52.3. The second-order valence-electron chi connectivity index (χ2n) is 27.1. The van der Waals surface area contributed by atoms with Gasteiger partial charge in [-0.05, 0) is 50.8 Å². The van der Waals surface area contributed by atoms with Crippen LogP contribution < -0.4 is 49.9 Å². The van der Waals surface area contributed by atoms with Crippen molar-refractivity contribution in [2.24, 2.45) is 34.6 Å². The standard InChI is InChI=1S/C39H52N4O16.C24H46N6O12.CH4/c1-18-13-23-32(33-26(43(2)39(51)58-33)35(54-23)59-36-30(48)28(46)25(40)24(15-44)55-36)57-34(18)56-31-22(42-38(50)53-17-20-11-7-4-8-12-20)14-21(27(45)29(31)47)41-37(49)52-16-19-9-5-3-6-10-19;1-6(25)21(37)30-12-11(5-31)39-24(18(36)15(12)33)42-23-13(29-2)16(34)20-10(38-23)4-9(28)22(41-20)40-19-8(27)3-7(26)14(32)17(19)35;/h3-12,18,21-36,44-48H,13-17,40H2,1-2H3,(H,41,49)(H,42,50);6-20,22-24,29,31-36H,3-5,25-28H2,1-2H3,(H,30,37);1H4/t18?,21-,22?,23+,24?,25-,26?,27?,28+,29-,30?,31-,32?,33?,34+,35?,36-;6-,7-,8?,9?,10+,11?,12-,13?,14?,15+,16?,17-,18?,19-,20?,22+,23?,24-;/m11./s1. The lowest BCUT2D eigenvalue weighted by Crippen LogP contribution is -2.70. The van der Waals surface area contributed by atoms with Gasteiger partial charge in [-0.3, -0.25) is 9.69 Å². The number of carbonyl (C=O) groups excluding carboxylic acids is 4. The molecule has 0 spiro atoms. The van der Waals surface area contributed by atoms with Gasteiger partial charge in [0.25, 0.3) is 0 Å². The Morgan fingerprint density at radius 3 is 1.68 bits per heavy atom. The molecule has 4 amide bonds. The summed E-state index contributed by atoms with van der Waals surface area (Å²) < 4.78 is 76.9. The molecule has 102 heavy (non-hydrogen) atoms. The molecular weight excluding hydrogens is 1360 g/mol. The number of fused-ring (bicyclic) bond motifs is 4. The first-order valence-corrected chi connectivity index (χ1v) is 33.6. The third-order valence-corrected chi connectivity index (χ3v) is 19.9. The van der Waals surface area contributed by atoms with Gasteiger partial charge in [0.15, 0.2) is 43.8 Å². The van der Waals surface area contributed by atoms with Gasteiger partial charge in [0.1, 0.15) is 105 Å². The van der Waals surface area contributed by atoms with Crippen LogP contribution in [0.3, 0.4) is 0 Å². The number of benzene rings is 2. The van der Waals surface area contributed by atoms with E-state index >= 15 is 0 Å². The summed E-state index contributed by atoms with van der Waals surface area (Å²) in [6.07, 6.45) is -32.3. The first-order valence-electron chi connectivity index (χ1n) is 33.6. The number of aliphatic hydroxyl groups excluding tert-OH is 11. The molecule has 7 aliphatic heterocycles. The van der Waals surface area contributed by atoms with Crippen molar-refractivity contribution in [1.82, 2.24) is 26.2 Å². The van der Waals surface area contributed by atoms with E-state index in [1.807, 2.05) is 12.1 Å². The largest absolute Gasteiger partial charge is 0.445 e. The number of nitrogens with one attached hydrogen (secondary N) is 4. The fourth-order valence-electron chi connectivity index (χ4n) is 14.1. The molecule has 2 aliphatic carbocycles.